The summed E-state index contributed by atoms with van der Waals surface area (Å²) in [4.78, 5) is 0. The molecule has 4 heteroatoms. The van der Waals surface area contributed by atoms with Gasteiger partial charge in [0, 0.05) is 22.9 Å². The monoisotopic (exact) mass is 336 g/mol. The Morgan fingerprint density at radius 2 is 1.95 bits per heavy atom. The van der Waals surface area contributed by atoms with Gasteiger partial charge in [-0.1, -0.05) is 28.1 Å². The molecule has 0 saturated heterocycles. The molecule has 0 spiro atoms. The summed E-state index contributed by atoms with van der Waals surface area (Å²) < 4.78 is 19.7. The number of fused-ring (bicyclic) bond motifs is 1. The fourth-order valence-corrected chi connectivity index (χ4v) is 2.88. The van der Waals surface area contributed by atoms with Gasteiger partial charge >= 0.3 is 0 Å². The van der Waals surface area contributed by atoms with Crippen molar-refractivity contribution in [2.24, 2.45) is 0 Å². The maximum Gasteiger partial charge on any atom is 0.125 e. The molecule has 2 atom stereocenters. The van der Waals surface area contributed by atoms with Crippen LogP contribution in [0.1, 0.15) is 23.7 Å². The van der Waals surface area contributed by atoms with Crippen LogP contribution < -0.4 is 4.74 Å². The molecule has 1 heterocycles. The standard InChI is InChI=1S/C16H14BrFO2/c17-11-3-6-16-14(8-11)15(19)9-13(20-16)7-10-1-4-12(18)5-2-10/h1-6,8,13,15,19H,7,9H2. The highest BCUT2D eigenvalue weighted by Gasteiger charge is 2.27. The molecule has 1 aliphatic rings. The van der Waals surface area contributed by atoms with Crippen LogP contribution in [0.15, 0.2) is 46.9 Å². The highest BCUT2D eigenvalue weighted by atomic mass is 79.9. The fraction of sp³-hybridized carbons (Fsp3) is 0.250. The van der Waals surface area contributed by atoms with E-state index < -0.39 is 6.10 Å². The van der Waals surface area contributed by atoms with Gasteiger partial charge < -0.3 is 9.84 Å². The molecule has 0 bridgehead atoms. The number of ether oxygens (including phenoxy) is 1. The van der Waals surface area contributed by atoms with Gasteiger partial charge in [0.25, 0.3) is 0 Å². The Kier molecular flexibility index (Phi) is 3.76. The summed E-state index contributed by atoms with van der Waals surface area (Å²) in [5.41, 5.74) is 1.82. The lowest BCUT2D eigenvalue weighted by molar-refractivity contribution is 0.0662. The minimum Gasteiger partial charge on any atom is -0.490 e. The molecule has 0 radical (unpaired) electrons. The second kappa shape index (κ2) is 5.54. The largest absolute Gasteiger partial charge is 0.490 e. The number of aliphatic hydroxyl groups is 1. The number of hydrogen-bond donors (Lipinski definition) is 1. The van der Waals surface area contributed by atoms with E-state index in [9.17, 15) is 9.50 Å². The van der Waals surface area contributed by atoms with E-state index in [4.69, 9.17) is 4.74 Å². The van der Waals surface area contributed by atoms with E-state index in [2.05, 4.69) is 15.9 Å². The number of halogens is 2. The van der Waals surface area contributed by atoms with E-state index in [0.717, 1.165) is 21.3 Å². The van der Waals surface area contributed by atoms with Gasteiger partial charge in [0.2, 0.25) is 0 Å². The van der Waals surface area contributed by atoms with Crippen LogP contribution in [0.4, 0.5) is 4.39 Å². The molecule has 0 fully saturated rings. The molecule has 0 amide bonds. The van der Waals surface area contributed by atoms with Crippen LogP contribution in [-0.2, 0) is 6.42 Å². The van der Waals surface area contributed by atoms with Crippen molar-refractivity contribution in [1.29, 1.82) is 0 Å². The third kappa shape index (κ3) is 2.86. The highest BCUT2D eigenvalue weighted by Crippen LogP contribution is 2.37. The molecule has 2 nitrogen and oxygen atoms in total. The first-order valence-electron chi connectivity index (χ1n) is 6.50. The zero-order valence-electron chi connectivity index (χ0n) is 10.7. The minimum atomic E-state index is -0.526. The zero-order chi connectivity index (χ0) is 14.1. The molecule has 2 aromatic carbocycles. The molecule has 1 aliphatic heterocycles. The molecule has 104 valence electrons. The van der Waals surface area contributed by atoms with Crippen molar-refractivity contribution in [1.82, 2.24) is 0 Å². The maximum atomic E-state index is 12.9. The fourth-order valence-electron chi connectivity index (χ4n) is 2.50. The summed E-state index contributed by atoms with van der Waals surface area (Å²) in [5.74, 6) is 0.479. The van der Waals surface area contributed by atoms with Gasteiger partial charge in [-0.15, -0.1) is 0 Å². The predicted octanol–water partition coefficient (Wildman–Crippen LogP) is 4.02. The van der Waals surface area contributed by atoms with E-state index in [1.807, 2.05) is 18.2 Å². The highest BCUT2D eigenvalue weighted by molar-refractivity contribution is 9.10. The van der Waals surface area contributed by atoms with Crippen LogP contribution in [-0.4, -0.2) is 11.2 Å². The molecular weight excluding hydrogens is 323 g/mol. The number of rotatable bonds is 2. The zero-order valence-corrected chi connectivity index (χ0v) is 12.3. The first-order chi connectivity index (χ1) is 9.61. The molecular formula is C16H14BrFO2. The first-order valence-corrected chi connectivity index (χ1v) is 7.30. The van der Waals surface area contributed by atoms with Crippen molar-refractivity contribution in [3.05, 3.63) is 63.9 Å². The summed E-state index contributed by atoms with van der Waals surface area (Å²) >= 11 is 3.39. The molecule has 1 N–H and O–H groups in total. The van der Waals surface area contributed by atoms with Gasteiger partial charge in [-0.2, -0.15) is 0 Å². The van der Waals surface area contributed by atoms with E-state index >= 15 is 0 Å². The van der Waals surface area contributed by atoms with Gasteiger partial charge in [-0.05, 0) is 35.9 Å². The average Bonchev–Trinajstić information content (AvgIpc) is 2.42. The van der Waals surface area contributed by atoms with E-state index in [1.165, 1.54) is 12.1 Å². The van der Waals surface area contributed by atoms with Crippen molar-refractivity contribution in [2.75, 3.05) is 0 Å². The SMILES string of the molecule is OC1CC(Cc2ccc(F)cc2)Oc2ccc(Br)cc21. The summed E-state index contributed by atoms with van der Waals surface area (Å²) in [6.07, 6.45) is 0.582. The van der Waals surface area contributed by atoms with Crippen LogP contribution >= 0.6 is 15.9 Å². The summed E-state index contributed by atoms with van der Waals surface area (Å²) in [5, 5.41) is 10.2. The van der Waals surface area contributed by atoms with Crippen molar-refractivity contribution < 1.29 is 14.2 Å². The van der Waals surface area contributed by atoms with E-state index in [0.29, 0.717) is 12.8 Å². The third-order valence-corrected chi connectivity index (χ3v) is 3.98. The molecule has 0 aliphatic carbocycles. The Hall–Kier alpha value is -1.39. The van der Waals surface area contributed by atoms with Gasteiger partial charge in [0.05, 0.1) is 6.10 Å². The van der Waals surface area contributed by atoms with Crippen LogP contribution in [0.3, 0.4) is 0 Å². The number of hydrogen-bond acceptors (Lipinski definition) is 2. The summed E-state index contributed by atoms with van der Waals surface area (Å²) in [6.45, 7) is 0. The second-order valence-electron chi connectivity index (χ2n) is 5.00. The van der Waals surface area contributed by atoms with Crippen molar-refractivity contribution >= 4 is 15.9 Å². The van der Waals surface area contributed by atoms with Gasteiger partial charge in [0.15, 0.2) is 0 Å². The molecule has 2 unspecified atom stereocenters. The Morgan fingerprint density at radius 3 is 2.70 bits per heavy atom. The molecule has 3 rings (SSSR count). The van der Waals surface area contributed by atoms with E-state index in [-0.39, 0.29) is 11.9 Å². The molecule has 20 heavy (non-hydrogen) atoms. The Labute approximate surface area is 125 Å². The Morgan fingerprint density at radius 1 is 1.20 bits per heavy atom. The van der Waals surface area contributed by atoms with Gasteiger partial charge in [0.1, 0.15) is 17.7 Å². The van der Waals surface area contributed by atoms with Crippen LogP contribution in [0.25, 0.3) is 0 Å². The lowest BCUT2D eigenvalue weighted by Gasteiger charge is -2.30. The van der Waals surface area contributed by atoms with Crippen LogP contribution in [0.2, 0.25) is 0 Å². The Balaban J connectivity index is 1.77. The second-order valence-corrected chi connectivity index (χ2v) is 5.92. The summed E-state index contributed by atoms with van der Waals surface area (Å²) in [6, 6.07) is 12.0. The van der Waals surface area contributed by atoms with Crippen molar-refractivity contribution in [2.45, 2.75) is 25.0 Å². The lowest BCUT2D eigenvalue weighted by atomic mass is 9.95. The molecule has 0 aromatic heterocycles. The minimum absolute atomic E-state index is 0.0934. The number of aliphatic hydroxyl groups excluding tert-OH is 1. The Bertz CT molecular complexity index is 612. The van der Waals surface area contributed by atoms with Crippen LogP contribution in [0, 0.1) is 5.82 Å². The molecule has 0 saturated carbocycles. The topological polar surface area (TPSA) is 29.5 Å². The molecule has 2 aromatic rings. The normalized spacial score (nSPS) is 21.1. The third-order valence-electron chi connectivity index (χ3n) is 3.49. The average molecular weight is 337 g/mol. The van der Waals surface area contributed by atoms with E-state index in [1.54, 1.807) is 12.1 Å². The quantitative estimate of drug-likeness (QED) is 0.897. The first kappa shape index (κ1) is 13.6. The van der Waals surface area contributed by atoms with Gasteiger partial charge in [-0.3, -0.25) is 0 Å². The maximum absolute atomic E-state index is 12.9. The lowest BCUT2D eigenvalue weighted by Crippen LogP contribution is -2.27. The van der Waals surface area contributed by atoms with Crippen LogP contribution in [0.5, 0.6) is 5.75 Å². The summed E-state index contributed by atoms with van der Waals surface area (Å²) in [7, 11) is 0. The predicted molar refractivity (Wildman–Crippen MR) is 78.2 cm³/mol. The van der Waals surface area contributed by atoms with Gasteiger partial charge in [-0.25, -0.2) is 4.39 Å². The van der Waals surface area contributed by atoms with Crippen molar-refractivity contribution in [3.8, 4) is 5.75 Å². The smallest absolute Gasteiger partial charge is 0.125 e. The number of benzene rings is 2. The van der Waals surface area contributed by atoms with Crippen molar-refractivity contribution in [3.63, 3.8) is 0 Å².